The van der Waals surface area contributed by atoms with Gasteiger partial charge < -0.3 is 10.2 Å². The zero-order valence-corrected chi connectivity index (χ0v) is 20.8. The second-order valence-corrected chi connectivity index (χ2v) is 8.32. The Bertz CT molecular complexity index is 1390. The molecular formula is C34H30O3. The van der Waals surface area contributed by atoms with Gasteiger partial charge in [-0.1, -0.05) is 140 Å². The van der Waals surface area contributed by atoms with Crippen LogP contribution in [0.5, 0.6) is 5.75 Å². The number of benzene rings is 4. The second kappa shape index (κ2) is 13.9. The van der Waals surface area contributed by atoms with E-state index in [1.54, 1.807) is 6.07 Å². The largest absolute Gasteiger partial charge is 0.507 e. The van der Waals surface area contributed by atoms with Crippen molar-refractivity contribution in [3.8, 4) is 5.75 Å². The fourth-order valence-electron chi connectivity index (χ4n) is 3.39. The maximum Gasteiger partial charge on any atom is 0.330 e. The van der Waals surface area contributed by atoms with Crippen molar-refractivity contribution in [3.05, 3.63) is 149 Å². The molecule has 4 rings (SSSR count). The highest BCUT2D eigenvalue weighted by atomic mass is 16.4. The lowest BCUT2D eigenvalue weighted by Crippen LogP contribution is -1.92. The Labute approximate surface area is 218 Å². The first-order chi connectivity index (χ1) is 17.9. The van der Waals surface area contributed by atoms with Gasteiger partial charge >= 0.3 is 5.97 Å². The molecule has 0 aromatic heterocycles. The van der Waals surface area contributed by atoms with Gasteiger partial charge in [-0.3, -0.25) is 0 Å². The minimum Gasteiger partial charge on any atom is -0.507 e. The van der Waals surface area contributed by atoms with Gasteiger partial charge in [-0.15, -0.1) is 0 Å². The number of rotatable bonds is 7. The number of carboxylic acids is 1. The van der Waals surface area contributed by atoms with Gasteiger partial charge in [0.2, 0.25) is 0 Å². The van der Waals surface area contributed by atoms with Gasteiger partial charge in [0.1, 0.15) is 5.75 Å². The molecule has 0 aliphatic carbocycles. The maximum atomic E-state index is 10.7. The van der Waals surface area contributed by atoms with Crippen LogP contribution in [0, 0.1) is 0 Å². The van der Waals surface area contributed by atoms with Gasteiger partial charge in [0, 0.05) is 11.1 Å². The third kappa shape index (κ3) is 8.68. The summed E-state index contributed by atoms with van der Waals surface area (Å²) in [6, 6.07) is 34.2. The Morgan fingerprint density at radius 3 is 1.38 bits per heavy atom. The van der Waals surface area contributed by atoms with E-state index in [4.69, 9.17) is 5.11 Å². The van der Waals surface area contributed by atoms with Crippen LogP contribution in [-0.4, -0.2) is 16.2 Å². The highest BCUT2D eigenvalue weighted by Crippen LogP contribution is 2.30. The zero-order valence-electron chi connectivity index (χ0n) is 20.8. The fourth-order valence-corrected chi connectivity index (χ4v) is 3.39. The van der Waals surface area contributed by atoms with E-state index in [0.717, 1.165) is 33.4 Å². The normalized spacial score (nSPS) is 10.9. The minimum absolute atomic E-state index is 0.176. The first-order valence-electron chi connectivity index (χ1n) is 11.9. The van der Waals surface area contributed by atoms with Gasteiger partial charge in [0.05, 0.1) is 0 Å². The van der Waals surface area contributed by atoms with E-state index in [9.17, 15) is 9.90 Å². The van der Waals surface area contributed by atoms with Crippen molar-refractivity contribution in [2.75, 3.05) is 0 Å². The molecule has 0 atom stereocenters. The molecule has 184 valence electrons. The molecule has 0 unspecified atom stereocenters. The SMILES string of the molecule is C=C(C)C(=O)O.Oc1ccc(C=Cc2ccccc2)c(C=Cc2ccccc2)c1C=Cc1ccccc1. The molecule has 3 heteroatoms. The van der Waals surface area contributed by atoms with Crippen molar-refractivity contribution >= 4 is 42.4 Å². The molecule has 0 fully saturated rings. The van der Waals surface area contributed by atoms with Crippen molar-refractivity contribution in [2.24, 2.45) is 0 Å². The van der Waals surface area contributed by atoms with Gasteiger partial charge in [-0.2, -0.15) is 0 Å². The molecule has 0 aliphatic rings. The third-order valence-electron chi connectivity index (χ3n) is 5.40. The molecule has 4 aromatic carbocycles. The molecule has 0 aliphatic heterocycles. The number of carboxylic acid groups (broad SMARTS) is 1. The van der Waals surface area contributed by atoms with Crippen molar-refractivity contribution in [1.29, 1.82) is 0 Å². The highest BCUT2D eigenvalue weighted by Gasteiger charge is 2.08. The minimum atomic E-state index is -0.935. The molecule has 0 saturated heterocycles. The van der Waals surface area contributed by atoms with Crippen LogP contribution in [0.15, 0.2) is 115 Å². The number of phenols is 1. The molecule has 0 amide bonds. The van der Waals surface area contributed by atoms with Crippen LogP contribution in [-0.2, 0) is 4.79 Å². The van der Waals surface area contributed by atoms with Crippen molar-refractivity contribution in [2.45, 2.75) is 6.92 Å². The Balaban J connectivity index is 0.000000568. The number of aliphatic carboxylic acids is 1. The molecule has 0 saturated carbocycles. The molecule has 0 heterocycles. The lowest BCUT2D eigenvalue weighted by atomic mass is 9.96. The van der Waals surface area contributed by atoms with Crippen molar-refractivity contribution in [1.82, 2.24) is 0 Å². The Kier molecular flexibility index (Phi) is 10.0. The molecule has 37 heavy (non-hydrogen) atoms. The summed E-state index contributed by atoms with van der Waals surface area (Å²) in [7, 11) is 0. The molecule has 4 aromatic rings. The van der Waals surface area contributed by atoms with Crippen LogP contribution in [0.2, 0.25) is 0 Å². The van der Waals surface area contributed by atoms with Gasteiger partial charge in [0.25, 0.3) is 0 Å². The average molecular weight is 487 g/mol. The van der Waals surface area contributed by atoms with Crippen LogP contribution in [0.3, 0.4) is 0 Å². The van der Waals surface area contributed by atoms with E-state index in [-0.39, 0.29) is 11.3 Å². The van der Waals surface area contributed by atoms with Gasteiger partial charge in [0.15, 0.2) is 0 Å². The first-order valence-corrected chi connectivity index (χ1v) is 11.9. The number of phenolic OH excluding ortho intramolecular Hbond substituents is 1. The van der Waals surface area contributed by atoms with Gasteiger partial charge in [-0.25, -0.2) is 4.79 Å². The second-order valence-electron chi connectivity index (χ2n) is 8.32. The van der Waals surface area contributed by atoms with E-state index in [0.29, 0.717) is 0 Å². The first kappa shape index (κ1) is 26.7. The van der Waals surface area contributed by atoms with Crippen molar-refractivity contribution < 1.29 is 15.0 Å². The van der Waals surface area contributed by atoms with E-state index in [2.05, 4.69) is 55.1 Å². The summed E-state index contributed by atoms with van der Waals surface area (Å²) in [5.41, 5.74) is 6.33. The summed E-state index contributed by atoms with van der Waals surface area (Å²) in [6.07, 6.45) is 12.4. The quantitative estimate of drug-likeness (QED) is 0.203. The number of carbonyl (C=O) groups is 1. The third-order valence-corrected chi connectivity index (χ3v) is 5.40. The number of hydrogen-bond donors (Lipinski definition) is 2. The Hall–Kier alpha value is -4.89. The summed E-state index contributed by atoms with van der Waals surface area (Å²) in [6.45, 7) is 4.60. The monoisotopic (exact) mass is 486 g/mol. The van der Waals surface area contributed by atoms with Crippen LogP contribution >= 0.6 is 0 Å². The smallest absolute Gasteiger partial charge is 0.330 e. The summed E-state index contributed by atoms with van der Waals surface area (Å²) in [4.78, 5) is 9.60. The molecule has 0 spiro atoms. The molecule has 0 bridgehead atoms. The van der Waals surface area contributed by atoms with E-state index in [1.165, 1.54) is 6.92 Å². The Morgan fingerprint density at radius 1 is 0.595 bits per heavy atom. The predicted molar refractivity (Wildman–Crippen MR) is 157 cm³/mol. The van der Waals surface area contributed by atoms with Crippen LogP contribution in [0.25, 0.3) is 36.5 Å². The fraction of sp³-hybridized carbons (Fsp3) is 0.0294. The summed E-state index contributed by atoms with van der Waals surface area (Å²) >= 11 is 0. The molecule has 3 nitrogen and oxygen atoms in total. The summed E-state index contributed by atoms with van der Waals surface area (Å²) < 4.78 is 0. The lowest BCUT2D eigenvalue weighted by molar-refractivity contribution is -0.132. The standard InChI is InChI=1S/C30H24O.C4H6O2/c31-30-23-20-27(19-16-24-10-4-1-5-11-24)28(21-17-25-12-6-2-7-13-25)29(30)22-18-26-14-8-3-9-15-26;1-3(2)4(5)6/h1-23,31H;1H2,2H3,(H,5,6). The Morgan fingerprint density at radius 2 is 0.973 bits per heavy atom. The maximum absolute atomic E-state index is 10.7. The molecule has 0 radical (unpaired) electrons. The van der Waals surface area contributed by atoms with E-state index in [1.807, 2.05) is 84.9 Å². The molecular weight excluding hydrogens is 456 g/mol. The van der Waals surface area contributed by atoms with Crippen LogP contribution in [0.4, 0.5) is 0 Å². The van der Waals surface area contributed by atoms with E-state index >= 15 is 0 Å². The summed E-state index contributed by atoms with van der Waals surface area (Å²) in [5.74, 6) is -0.674. The number of hydrogen-bond acceptors (Lipinski definition) is 2. The lowest BCUT2D eigenvalue weighted by Gasteiger charge is -2.09. The topological polar surface area (TPSA) is 57.5 Å². The number of aromatic hydroxyl groups is 1. The van der Waals surface area contributed by atoms with Gasteiger partial charge in [-0.05, 0) is 40.8 Å². The zero-order chi connectivity index (χ0) is 26.5. The van der Waals surface area contributed by atoms with Crippen molar-refractivity contribution in [3.63, 3.8) is 0 Å². The van der Waals surface area contributed by atoms with Crippen LogP contribution < -0.4 is 0 Å². The predicted octanol–water partition coefficient (Wildman–Crippen LogP) is 8.55. The average Bonchev–Trinajstić information content (AvgIpc) is 2.92. The van der Waals surface area contributed by atoms with E-state index < -0.39 is 5.97 Å². The highest BCUT2D eigenvalue weighted by molar-refractivity contribution is 5.87. The summed E-state index contributed by atoms with van der Waals surface area (Å²) in [5, 5.41) is 18.6. The molecule has 2 N–H and O–H groups in total. The van der Waals surface area contributed by atoms with Crippen LogP contribution in [0.1, 0.15) is 40.3 Å².